The molecule has 19 heavy (non-hydrogen) atoms. The zero-order chi connectivity index (χ0) is 13.5. The molecule has 3 rings (SSSR count). The molecule has 0 radical (unpaired) electrons. The van der Waals surface area contributed by atoms with Crippen LogP contribution >= 0.6 is 0 Å². The van der Waals surface area contributed by atoms with Gasteiger partial charge in [-0.1, -0.05) is 12.1 Å². The summed E-state index contributed by atoms with van der Waals surface area (Å²) in [5.41, 5.74) is -0.0327. The first-order chi connectivity index (χ1) is 9.10. The van der Waals surface area contributed by atoms with Crippen molar-refractivity contribution in [2.45, 2.75) is 12.8 Å². The van der Waals surface area contributed by atoms with Gasteiger partial charge >= 0.3 is 0 Å². The van der Waals surface area contributed by atoms with E-state index in [2.05, 4.69) is 5.32 Å². The Balaban J connectivity index is 1.77. The molecule has 0 aromatic heterocycles. The first-order valence-corrected chi connectivity index (χ1v) is 6.40. The van der Waals surface area contributed by atoms with Gasteiger partial charge in [0.05, 0.1) is 5.56 Å². The predicted molar refractivity (Wildman–Crippen MR) is 67.0 cm³/mol. The fourth-order valence-corrected chi connectivity index (χ4v) is 2.95. The Morgan fingerprint density at radius 1 is 1.37 bits per heavy atom. The van der Waals surface area contributed by atoms with Crippen molar-refractivity contribution in [2.24, 2.45) is 5.41 Å². The van der Waals surface area contributed by atoms with E-state index in [1.807, 2.05) is 0 Å². The highest BCUT2D eigenvalue weighted by Crippen LogP contribution is 2.37. The molecule has 1 unspecified atom stereocenters. The van der Waals surface area contributed by atoms with Gasteiger partial charge in [-0.2, -0.15) is 0 Å². The third kappa shape index (κ3) is 2.09. The first kappa shape index (κ1) is 12.1. The fourth-order valence-electron chi connectivity index (χ4n) is 2.95. The van der Waals surface area contributed by atoms with Crippen LogP contribution in [0.1, 0.15) is 23.2 Å². The molecule has 0 saturated carbocycles. The molecule has 1 N–H and O–H groups in total. The van der Waals surface area contributed by atoms with Gasteiger partial charge in [0.25, 0.3) is 5.91 Å². The Hall–Kier alpha value is -1.91. The molecule has 1 atom stereocenters. The Morgan fingerprint density at radius 3 is 2.84 bits per heavy atom. The number of amides is 2. The van der Waals surface area contributed by atoms with Crippen LogP contribution in [-0.2, 0) is 4.79 Å². The molecule has 2 heterocycles. The maximum absolute atomic E-state index is 13.6. The summed E-state index contributed by atoms with van der Waals surface area (Å²) in [6, 6.07) is 6.01. The number of carbonyl (C=O) groups is 2. The van der Waals surface area contributed by atoms with Gasteiger partial charge in [0.15, 0.2) is 0 Å². The van der Waals surface area contributed by atoms with Gasteiger partial charge in [-0.3, -0.25) is 9.59 Å². The van der Waals surface area contributed by atoms with Crippen LogP contribution in [-0.4, -0.2) is 36.3 Å². The lowest BCUT2D eigenvalue weighted by Crippen LogP contribution is -2.33. The standard InChI is InChI=1S/C14H15FN2O2/c15-11-4-2-1-3-10(11)13(19)17-6-5-14(9-17)7-12(18)16-8-14/h1-4H,5-9H2,(H,16,18). The lowest BCUT2D eigenvalue weighted by molar-refractivity contribution is -0.119. The van der Waals surface area contributed by atoms with Crippen LogP contribution in [0.25, 0.3) is 0 Å². The fraction of sp³-hybridized carbons (Fsp3) is 0.429. The number of halogens is 1. The molecule has 1 aromatic rings. The number of nitrogens with one attached hydrogen (secondary N) is 1. The molecule has 2 aliphatic rings. The summed E-state index contributed by atoms with van der Waals surface area (Å²) in [6.07, 6.45) is 1.26. The molecule has 100 valence electrons. The maximum Gasteiger partial charge on any atom is 0.256 e. The van der Waals surface area contributed by atoms with Gasteiger partial charge in [0.1, 0.15) is 5.82 Å². The molecule has 0 bridgehead atoms. The van der Waals surface area contributed by atoms with E-state index in [1.165, 1.54) is 12.1 Å². The van der Waals surface area contributed by atoms with Crippen LogP contribution in [0.4, 0.5) is 4.39 Å². The number of hydrogen-bond acceptors (Lipinski definition) is 2. The number of carbonyl (C=O) groups excluding carboxylic acids is 2. The zero-order valence-corrected chi connectivity index (χ0v) is 10.5. The quantitative estimate of drug-likeness (QED) is 0.826. The monoisotopic (exact) mass is 262 g/mol. The summed E-state index contributed by atoms with van der Waals surface area (Å²) in [6.45, 7) is 1.73. The number of likely N-dealkylation sites (tertiary alicyclic amines) is 1. The van der Waals surface area contributed by atoms with Crippen LogP contribution < -0.4 is 5.32 Å². The Morgan fingerprint density at radius 2 is 2.16 bits per heavy atom. The molecule has 2 fully saturated rings. The highest BCUT2D eigenvalue weighted by molar-refractivity contribution is 5.94. The van der Waals surface area contributed by atoms with Gasteiger partial charge in [-0.25, -0.2) is 4.39 Å². The van der Waals surface area contributed by atoms with Crippen LogP contribution in [0, 0.1) is 11.2 Å². The first-order valence-electron chi connectivity index (χ1n) is 6.40. The number of hydrogen-bond donors (Lipinski definition) is 1. The highest BCUT2D eigenvalue weighted by Gasteiger charge is 2.45. The maximum atomic E-state index is 13.6. The topological polar surface area (TPSA) is 49.4 Å². The molecule has 4 nitrogen and oxygen atoms in total. The molecular formula is C14H15FN2O2. The van der Waals surface area contributed by atoms with Crippen molar-refractivity contribution in [3.8, 4) is 0 Å². The third-order valence-electron chi connectivity index (χ3n) is 4.03. The minimum atomic E-state index is -0.492. The van der Waals surface area contributed by atoms with Crippen LogP contribution in [0.15, 0.2) is 24.3 Å². The summed E-state index contributed by atoms with van der Waals surface area (Å²) in [7, 11) is 0. The lowest BCUT2D eigenvalue weighted by Gasteiger charge is -2.22. The van der Waals surface area contributed by atoms with Crippen molar-refractivity contribution in [3.63, 3.8) is 0 Å². The minimum Gasteiger partial charge on any atom is -0.355 e. The summed E-state index contributed by atoms with van der Waals surface area (Å²) >= 11 is 0. The molecule has 1 spiro atoms. The predicted octanol–water partition coefficient (Wildman–Crippen LogP) is 1.18. The van der Waals surface area contributed by atoms with Crippen molar-refractivity contribution in [1.82, 2.24) is 10.2 Å². The van der Waals surface area contributed by atoms with Gasteiger partial charge in [-0.15, -0.1) is 0 Å². The zero-order valence-electron chi connectivity index (χ0n) is 10.5. The number of nitrogens with zero attached hydrogens (tertiary/aromatic N) is 1. The van der Waals surface area contributed by atoms with Gasteiger partial charge in [0.2, 0.25) is 5.91 Å². The van der Waals surface area contributed by atoms with Crippen molar-refractivity contribution >= 4 is 11.8 Å². The molecular weight excluding hydrogens is 247 g/mol. The van der Waals surface area contributed by atoms with Crippen LogP contribution in [0.3, 0.4) is 0 Å². The van der Waals surface area contributed by atoms with E-state index >= 15 is 0 Å². The summed E-state index contributed by atoms with van der Waals surface area (Å²) < 4.78 is 13.6. The smallest absolute Gasteiger partial charge is 0.256 e. The van der Waals surface area contributed by atoms with Gasteiger partial charge < -0.3 is 10.2 Å². The number of rotatable bonds is 1. The second kappa shape index (κ2) is 4.33. The van der Waals surface area contributed by atoms with Gasteiger partial charge in [0, 0.05) is 31.5 Å². The van der Waals surface area contributed by atoms with Crippen molar-refractivity contribution < 1.29 is 14.0 Å². The molecule has 1 aromatic carbocycles. The highest BCUT2D eigenvalue weighted by atomic mass is 19.1. The average molecular weight is 262 g/mol. The van der Waals surface area contributed by atoms with E-state index in [-0.39, 0.29) is 22.8 Å². The average Bonchev–Trinajstić information content (AvgIpc) is 2.97. The second-order valence-corrected chi connectivity index (χ2v) is 5.41. The summed E-state index contributed by atoms with van der Waals surface area (Å²) in [5.74, 6) is -0.733. The molecule has 5 heteroatoms. The van der Waals surface area contributed by atoms with E-state index in [0.717, 1.165) is 6.42 Å². The van der Waals surface area contributed by atoms with Gasteiger partial charge in [-0.05, 0) is 18.6 Å². The van der Waals surface area contributed by atoms with Crippen molar-refractivity contribution in [3.05, 3.63) is 35.6 Å². The van der Waals surface area contributed by atoms with E-state index in [0.29, 0.717) is 26.1 Å². The van der Waals surface area contributed by atoms with Crippen molar-refractivity contribution in [1.29, 1.82) is 0 Å². The van der Waals surface area contributed by atoms with E-state index < -0.39 is 5.82 Å². The van der Waals surface area contributed by atoms with E-state index in [9.17, 15) is 14.0 Å². The molecule has 0 aliphatic carbocycles. The Bertz CT molecular complexity index is 546. The molecule has 2 saturated heterocycles. The Labute approximate surface area is 110 Å². The third-order valence-corrected chi connectivity index (χ3v) is 4.03. The molecule has 2 amide bonds. The minimum absolute atomic E-state index is 0.0418. The van der Waals surface area contributed by atoms with E-state index in [1.54, 1.807) is 17.0 Å². The van der Waals surface area contributed by atoms with Crippen LogP contribution in [0.2, 0.25) is 0 Å². The van der Waals surface area contributed by atoms with Crippen molar-refractivity contribution in [2.75, 3.05) is 19.6 Å². The normalized spacial score (nSPS) is 25.9. The SMILES string of the molecule is O=C1CC2(CCN(C(=O)c3ccccc3F)C2)CN1. The summed E-state index contributed by atoms with van der Waals surface area (Å²) in [5, 5.41) is 2.81. The largest absolute Gasteiger partial charge is 0.355 e. The number of benzene rings is 1. The van der Waals surface area contributed by atoms with E-state index in [4.69, 9.17) is 0 Å². The second-order valence-electron chi connectivity index (χ2n) is 5.41. The Kier molecular flexibility index (Phi) is 2.77. The summed E-state index contributed by atoms with van der Waals surface area (Å²) in [4.78, 5) is 25.3. The molecule has 2 aliphatic heterocycles. The lowest BCUT2D eigenvalue weighted by atomic mass is 9.86. The van der Waals surface area contributed by atoms with Crippen LogP contribution in [0.5, 0.6) is 0 Å².